The van der Waals surface area contributed by atoms with E-state index in [1.807, 2.05) is 0 Å². The molecule has 2 nitrogen and oxygen atoms in total. The molecule has 0 aliphatic carbocycles. The number of rotatable bonds is 18. The van der Waals surface area contributed by atoms with Crippen LogP contribution in [0.3, 0.4) is 0 Å². The summed E-state index contributed by atoms with van der Waals surface area (Å²) in [6.07, 6.45) is 22.9. The second kappa shape index (κ2) is 18.5. The van der Waals surface area contributed by atoms with Crippen LogP contribution in [0.25, 0.3) is 0 Å². The molecule has 2 fully saturated rings. The summed E-state index contributed by atoms with van der Waals surface area (Å²) in [5.74, 6) is 5.96. The number of hydrogen-bond acceptors (Lipinski definition) is 3. The second-order valence-electron chi connectivity index (χ2n) is 11.9. The first-order chi connectivity index (χ1) is 16.1. The van der Waals surface area contributed by atoms with E-state index >= 15 is 0 Å². The van der Waals surface area contributed by atoms with Crippen molar-refractivity contribution in [3.63, 3.8) is 0 Å². The van der Waals surface area contributed by atoms with Crippen LogP contribution in [0.1, 0.15) is 130 Å². The van der Waals surface area contributed by atoms with Gasteiger partial charge in [0.15, 0.2) is 0 Å². The van der Waals surface area contributed by atoms with Crippen LogP contribution in [0.5, 0.6) is 0 Å². The number of ether oxygens (including phenoxy) is 2. The molecule has 0 aromatic carbocycles. The summed E-state index contributed by atoms with van der Waals surface area (Å²) in [4.78, 5) is 0. The molecule has 0 spiro atoms. The van der Waals surface area contributed by atoms with Crippen molar-refractivity contribution in [2.75, 3.05) is 24.7 Å². The minimum absolute atomic E-state index is 0.557. The maximum Gasteiger partial charge on any atom is 0.0603 e. The summed E-state index contributed by atoms with van der Waals surface area (Å²) >= 11 is 2.20. The highest BCUT2D eigenvalue weighted by atomic mass is 32.2. The molecule has 0 aromatic heterocycles. The summed E-state index contributed by atoms with van der Waals surface area (Å²) in [5, 5.41) is 0. The van der Waals surface area contributed by atoms with Crippen LogP contribution < -0.4 is 0 Å². The molecule has 0 aromatic rings. The highest BCUT2D eigenvalue weighted by molar-refractivity contribution is 7.99. The topological polar surface area (TPSA) is 18.5 Å². The van der Waals surface area contributed by atoms with Gasteiger partial charge in [0.25, 0.3) is 0 Å². The van der Waals surface area contributed by atoms with Crippen LogP contribution in [0.2, 0.25) is 0 Å². The van der Waals surface area contributed by atoms with Crippen molar-refractivity contribution in [2.45, 2.75) is 143 Å². The maximum absolute atomic E-state index is 6.17. The maximum atomic E-state index is 6.17. The standard InChI is InChI=1S/C30H58O2S/c1-25(2)17-19-27(29-15-5-9-21-31-29)13-7-11-23-33-24-12-8-14-28(20-18-26(3)4)30-16-6-10-22-32-30/h25-30H,5-24H2,1-4H3. The molecule has 2 rings (SSSR count). The van der Waals surface area contributed by atoms with E-state index < -0.39 is 0 Å². The Morgan fingerprint density at radius 3 is 1.39 bits per heavy atom. The average Bonchev–Trinajstić information content (AvgIpc) is 2.82. The van der Waals surface area contributed by atoms with Gasteiger partial charge in [-0.2, -0.15) is 11.8 Å². The molecule has 2 heterocycles. The van der Waals surface area contributed by atoms with E-state index in [0.717, 1.165) is 36.9 Å². The van der Waals surface area contributed by atoms with Gasteiger partial charge in [-0.25, -0.2) is 0 Å². The molecule has 2 aliphatic heterocycles. The summed E-state index contributed by atoms with van der Waals surface area (Å²) in [6, 6.07) is 0. The molecule has 2 aliphatic rings. The molecule has 4 atom stereocenters. The normalized spacial score (nSPS) is 23.8. The Kier molecular flexibility index (Phi) is 16.6. The van der Waals surface area contributed by atoms with E-state index in [2.05, 4.69) is 39.5 Å². The highest BCUT2D eigenvalue weighted by Crippen LogP contribution is 2.31. The van der Waals surface area contributed by atoms with Gasteiger partial charge in [-0.05, 0) is 112 Å². The van der Waals surface area contributed by atoms with Crippen LogP contribution in [0.4, 0.5) is 0 Å². The van der Waals surface area contributed by atoms with E-state index in [-0.39, 0.29) is 0 Å². The van der Waals surface area contributed by atoms with Crippen LogP contribution in [0.15, 0.2) is 0 Å². The summed E-state index contributed by atoms with van der Waals surface area (Å²) in [7, 11) is 0. The van der Waals surface area contributed by atoms with Gasteiger partial charge in [0.1, 0.15) is 0 Å². The van der Waals surface area contributed by atoms with Crippen LogP contribution in [-0.4, -0.2) is 36.9 Å². The third kappa shape index (κ3) is 13.8. The van der Waals surface area contributed by atoms with Gasteiger partial charge in [0.05, 0.1) is 12.2 Å². The Labute approximate surface area is 212 Å². The number of hydrogen-bond donors (Lipinski definition) is 0. The van der Waals surface area contributed by atoms with Crippen LogP contribution in [0, 0.1) is 23.7 Å². The molecule has 0 radical (unpaired) electrons. The molecule has 0 saturated carbocycles. The third-order valence-corrected chi connectivity index (χ3v) is 9.09. The fraction of sp³-hybridized carbons (Fsp3) is 1.00. The SMILES string of the molecule is CC(C)CCC(CCCCSCCCCC(CCC(C)C)C1CCCCO1)C1CCCCO1. The Hall–Kier alpha value is 0.270. The molecule has 0 amide bonds. The Morgan fingerprint density at radius 1 is 0.576 bits per heavy atom. The minimum Gasteiger partial charge on any atom is -0.378 e. The predicted octanol–water partition coefficient (Wildman–Crippen LogP) is 9.30. The van der Waals surface area contributed by atoms with Gasteiger partial charge in [0, 0.05) is 13.2 Å². The van der Waals surface area contributed by atoms with Crippen molar-refractivity contribution < 1.29 is 9.47 Å². The van der Waals surface area contributed by atoms with Gasteiger partial charge in [0.2, 0.25) is 0 Å². The van der Waals surface area contributed by atoms with Crippen molar-refractivity contribution in [1.82, 2.24) is 0 Å². The van der Waals surface area contributed by atoms with E-state index in [4.69, 9.17) is 9.47 Å². The van der Waals surface area contributed by atoms with Crippen molar-refractivity contribution in [1.29, 1.82) is 0 Å². The number of unbranched alkanes of at least 4 members (excludes halogenated alkanes) is 2. The highest BCUT2D eigenvalue weighted by Gasteiger charge is 2.25. The Balaban J connectivity index is 1.54. The summed E-state index contributed by atoms with van der Waals surface area (Å²) < 4.78 is 12.3. The molecule has 33 heavy (non-hydrogen) atoms. The molecule has 2 saturated heterocycles. The molecular formula is C30H58O2S. The van der Waals surface area contributed by atoms with Gasteiger partial charge >= 0.3 is 0 Å². The minimum atomic E-state index is 0.557. The average molecular weight is 483 g/mol. The fourth-order valence-corrected chi connectivity index (χ4v) is 6.75. The van der Waals surface area contributed by atoms with Crippen molar-refractivity contribution in [3.8, 4) is 0 Å². The molecule has 3 heteroatoms. The lowest BCUT2D eigenvalue weighted by molar-refractivity contribution is -0.0271. The first kappa shape index (κ1) is 29.5. The van der Waals surface area contributed by atoms with Crippen molar-refractivity contribution >= 4 is 11.8 Å². The van der Waals surface area contributed by atoms with E-state index in [0.29, 0.717) is 12.2 Å². The molecule has 196 valence electrons. The third-order valence-electron chi connectivity index (χ3n) is 7.94. The lowest BCUT2D eigenvalue weighted by Crippen LogP contribution is -2.28. The van der Waals surface area contributed by atoms with Crippen molar-refractivity contribution in [3.05, 3.63) is 0 Å². The number of thioether (sulfide) groups is 1. The van der Waals surface area contributed by atoms with Gasteiger partial charge in [-0.15, -0.1) is 0 Å². The molecule has 0 N–H and O–H groups in total. The Bertz CT molecular complexity index is 401. The van der Waals surface area contributed by atoms with Gasteiger partial charge in [-0.3, -0.25) is 0 Å². The van der Waals surface area contributed by atoms with Crippen LogP contribution >= 0.6 is 11.8 Å². The quantitative estimate of drug-likeness (QED) is 0.181. The second-order valence-corrected chi connectivity index (χ2v) is 13.1. The summed E-state index contributed by atoms with van der Waals surface area (Å²) in [6.45, 7) is 11.5. The summed E-state index contributed by atoms with van der Waals surface area (Å²) in [5.41, 5.74) is 0. The zero-order chi connectivity index (χ0) is 23.7. The Morgan fingerprint density at radius 2 is 1.03 bits per heavy atom. The van der Waals surface area contributed by atoms with Gasteiger partial charge in [-0.1, -0.05) is 53.4 Å². The molecular weight excluding hydrogens is 424 g/mol. The predicted molar refractivity (Wildman–Crippen MR) is 147 cm³/mol. The first-order valence-electron chi connectivity index (χ1n) is 14.9. The van der Waals surface area contributed by atoms with Crippen LogP contribution in [-0.2, 0) is 9.47 Å². The monoisotopic (exact) mass is 482 g/mol. The lowest BCUT2D eigenvalue weighted by Gasteiger charge is -2.31. The fourth-order valence-electron chi connectivity index (χ4n) is 5.73. The van der Waals surface area contributed by atoms with E-state index in [1.54, 1.807) is 0 Å². The molecule has 0 bridgehead atoms. The largest absolute Gasteiger partial charge is 0.378 e. The van der Waals surface area contributed by atoms with E-state index in [9.17, 15) is 0 Å². The zero-order valence-corrected chi connectivity index (χ0v) is 23.6. The molecule has 4 unspecified atom stereocenters. The smallest absolute Gasteiger partial charge is 0.0603 e. The van der Waals surface area contributed by atoms with E-state index in [1.165, 1.54) is 114 Å². The first-order valence-corrected chi connectivity index (χ1v) is 16.0. The zero-order valence-electron chi connectivity index (χ0n) is 22.8. The van der Waals surface area contributed by atoms with Gasteiger partial charge < -0.3 is 9.47 Å². The van der Waals surface area contributed by atoms with Crippen molar-refractivity contribution in [2.24, 2.45) is 23.7 Å². The lowest BCUT2D eigenvalue weighted by atomic mass is 9.86.